The van der Waals surface area contributed by atoms with Gasteiger partial charge in [0, 0.05) is 24.5 Å². The van der Waals surface area contributed by atoms with Gasteiger partial charge >= 0.3 is 0 Å². The summed E-state index contributed by atoms with van der Waals surface area (Å²) in [5, 5.41) is 3.93. The zero-order valence-corrected chi connectivity index (χ0v) is 29.6. The maximum absolute atomic E-state index is 14.6. The second-order valence-electron chi connectivity index (χ2n) is 11.4. The Morgan fingerprint density at radius 2 is 1.53 bits per heavy atom. The number of benzene rings is 4. The van der Waals surface area contributed by atoms with Crippen molar-refractivity contribution in [1.82, 2.24) is 10.2 Å². The van der Waals surface area contributed by atoms with Crippen LogP contribution in [0.4, 0.5) is 5.69 Å². The number of sulfonamides is 1. The number of hydrogen-bond acceptors (Lipinski definition) is 4. The quantitative estimate of drug-likeness (QED) is 0.134. The topological polar surface area (TPSA) is 86.8 Å². The smallest absolute Gasteiger partial charge is 0.264 e. The first-order valence-electron chi connectivity index (χ1n) is 15.3. The molecule has 1 atom stereocenters. The molecule has 0 aromatic heterocycles. The molecule has 47 heavy (non-hydrogen) atoms. The van der Waals surface area contributed by atoms with Crippen LogP contribution in [0.15, 0.2) is 95.9 Å². The second-order valence-corrected chi connectivity index (χ2v) is 14.5. The van der Waals surface area contributed by atoms with Crippen molar-refractivity contribution >= 4 is 62.3 Å². The average molecular weight is 715 g/mol. The molecule has 2 amide bonds. The number of rotatable bonds is 14. The Morgan fingerprint density at radius 1 is 0.830 bits per heavy atom. The van der Waals surface area contributed by atoms with Crippen LogP contribution in [0.5, 0.6) is 0 Å². The van der Waals surface area contributed by atoms with Crippen molar-refractivity contribution in [3.05, 3.63) is 128 Å². The molecule has 7 nitrogen and oxygen atoms in total. The van der Waals surface area contributed by atoms with Gasteiger partial charge in [0.2, 0.25) is 11.8 Å². The van der Waals surface area contributed by atoms with E-state index in [1.807, 2.05) is 44.2 Å². The molecule has 1 N–H and O–H groups in total. The van der Waals surface area contributed by atoms with Crippen LogP contribution in [0.1, 0.15) is 42.0 Å². The summed E-state index contributed by atoms with van der Waals surface area (Å²) in [6, 6.07) is 24.7. The molecule has 1 unspecified atom stereocenters. The van der Waals surface area contributed by atoms with E-state index in [2.05, 4.69) is 5.32 Å². The second kappa shape index (κ2) is 16.5. The van der Waals surface area contributed by atoms with Crippen molar-refractivity contribution in [2.45, 2.75) is 57.5 Å². The molecular formula is C36H38Cl3N3O4S. The molecule has 0 fully saturated rings. The number of halogens is 3. The number of carbonyl (C=O) groups is 2. The van der Waals surface area contributed by atoms with Crippen molar-refractivity contribution in [3.63, 3.8) is 0 Å². The molecule has 4 aromatic rings. The third-order valence-corrected chi connectivity index (χ3v) is 10.5. The molecule has 0 aliphatic rings. The summed E-state index contributed by atoms with van der Waals surface area (Å²) >= 11 is 18.9. The minimum Gasteiger partial charge on any atom is -0.354 e. The Balaban J connectivity index is 1.83. The average Bonchev–Trinajstić information content (AvgIpc) is 3.05. The van der Waals surface area contributed by atoms with Gasteiger partial charge in [-0.1, -0.05) is 108 Å². The lowest BCUT2D eigenvalue weighted by molar-refractivity contribution is -0.140. The fourth-order valence-electron chi connectivity index (χ4n) is 5.10. The lowest BCUT2D eigenvalue weighted by Gasteiger charge is -2.34. The number of carbonyl (C=O) groups excluding carboxylic acids is 2. The number of hydrogen-bond donors (Lipinski definition) is 1. The highest BCUT2D eigenvalue weighted by Crippen LogP contribution is 2.31. The minimum absolute atomic E-state index is 0.0180. The fourth-order valence-corrected chi connectivity index (χ4v) is 7.05. The van der Waals surface area contributed by atoms with Crippen LogP contribution in [0.3, 0.4) is 0 Å². The van der Waals surface area contributed by atoms with E-state index in [9.17, 15) is 18.0 Å². The third-order valence-electron chi connectivity index (χ3n) is 7.77. The predicted molar refractivity (Wildman–Crippen MR) is 191 cm³/mol. The maximum Gasteiger partial charge on any atom is 0.264 e. The number of nitrogens with zero attached hydrogens (tertiary/aromatic N) is 2. The van der Waals surface area contributed by atoms with Gasteiger partial charge in [0.05, 0.1) is 20.6 Å². The summed E-state index contributed by atoms with van der Waals surface area (Å²) in [6.07, 6.45) is 1.84. The van der Waals surface area contributed by atoms with Gasteiger partial charge in [-0.2, -0.15) is 0 Å². The monoisotopic (exact) mass is 713 g/mol. The molecule has 0 aliphatic heterocycles. The zero-order chi connectivity index (χ0) is 34.1. The Morgan fingerprint density at radius 3 is 2.19 bits per heavy atom. The predicted octanol–water partition coefficient (Wildman–Crippen LogP) is 8.02. The summed E-state index contributed by atoms with van der Waals surface area (Å²) in [7, 11) is -4.26. The number of unbranched alkanes of at least 4 members (excludes halogenated alkanes) is 1. The van der Waals surface area contributed by atoms with E-state index in [0.29, 0.717) is 32.7 Å². The first-order valence-corrected chi connectivity index (χ1v) is 17.9. The first-order chi connectivity index (χ1) is 22.4. The van der Waals surface area contributed by atoms with E-state index in [1.54, 1.807) is 49.4 Å². The van der Waals surface area contributed by atoms with Gasteiger partial charge in [-0.15, -0.1) is 0 Å². The van der Waals surface area contributed by atoms with Crippen LogP contribution in [-0.4, -0.2) is 44.3 Å². The molecule has 0 saturated heterocycles. The minimum atomic E-state index is -4.26. The van der Waals surface area contributed by atoms with Crippen molar-refractivity contribution in [1.29, 1.82) is 0 Å². The Labute approximate surface area is 292 Å². The SMILES string of the molecule is CCCCNC(=O)C(Cc1ccccc1)N(Cc1ccc(Cl)c(Cl)c1)C(=O)CN(c1cc(Cl)ccc1C)S(=O)(=O)c1ccc(C)cc1. The summed E-state index contributed by atoms with van der Waals surface area (Å²) in [6.45, 7) is 5.45. The van der Waals surface area contributed by atoms with Crippen LogP contribution >= 0.6 is 34.8 Å². The van der Waals surface area contributed by atoms with Crippen LogP contribution in [0.25, 0.3) is 0 Å². The van der Waals surface area contributed by atoms with Crippen LogP contribution < -0.4 is 9.62 Å². The highest BCUT2D eigenvalue weighted by molar-refractivity contribution is 7.92. The van der Waals surface area contributed by atoms with E-state index in [1.165, 1.54) is 23.1 Å². The molecule has 4 rings (SSSR count). The summed E-state index contributed by atoms with van der Waals surface area (Å²) in [5.41, 5.74) is 3.21. The lowest BCUT2D eigenvalue weighted by Crippen LogP contribution is -2.53. The Hall–Kier alpha value is -3.56. The molecule has 248 valence electrons. The lowest BCUT2D eigenvalue weighted by atomic mass is 10.0. The van der Waals surface area contributed by atoms with Crippen molar-refractivity contribution < 1.29 is 18.0 Å². The maximum atomic E-state index is 14.6. The molecule has 0 spiro atoms. The van der Waals surface area contributed by atoms with Gasteiger partial charge < -0.3 is 10.2 Å². The standard InChI is InChI=1S/C36H38Cl3N3O4S/c1-4-5-19-40-36(44)34(21-27-9-7-6-8-10-27)41(23-28-14-18-31(38)32(39)20-28)35(43)24-42(33-22-29(37)15-13-26(33)3)47(45,46)30-16-11-25(2)12-17-30/h6-18,20,22,34H,4-5,19,21,23-24H2,1-3H3,(H,40,44). The molecular weight excluding hydrogens is 677 g/mol. The highest BCUT2D eigenvalue weighted by Gasteiger charge is 2.35. The Kier molecular flexibility index (Phi) is 12.7. The molecule has 0 bridgehead atoms. The number of amides is 2. The van der Waals surface area contributed by atoms with E-state index in [4.69, 9.17) is 34.8 Å². The molecule has 0 saturated carbocycles. The van der Waals surface area contributed by atoms with Crippen LogP contribution in [-0.2, 0) is 32.6 Å². The van der Waals surface area contributed by atoms with Crippen LogP contribution in [0.2, 0.25) is 15.1 Å². The van der Waals surface area contributed by atoms with Crippen molar-refractivity contribution in [3.8, 4) is 0 Å². The number of anilines is 1. The van der Waals surface area contributed by atoms with E-state index < -0.39 is 28.5 Å². The summed E-state index contributed by atoms with van der Waals surface area (Å²) in [5.74, 6) is -0.930. The van der Waals surface area contributed by atoms with Crippen molar-refractivity contribution in [2.24, 2.45) is 0 Å². The first kappa shape index (κ1) is 36.3. The molecule has 0 radical (unpaired) electrons. The third kappa shape index (κ3) is 9.51. The summed E-state index contributed by atoms with van der Waals surface area (Å²) in [4.78, 5) is 29.9. The van der Waals surface area contributed by atoms with E-state index in [-0.39, 0.29) is 29.5 Å². The number of aryl methyl sites for hydroxylation is 2. The Bertz CT molecular complexity index is 1800. The molecule has 0 heterocycles. The fraction of sp³-hybridized carbons (Fsp3) is 0.278. The number of nitrogens with one attached hydrogen (secondary N) is 1. The zero-order valence-electron chi connectivity index (χ0n) is 26.5. The molecule has 0 aliphatic carbocycles. The van der Waals surface area contributed by atoms with Gasteiger partial charge in [0.1, 0.15) is 12.6 Å². The highest BCUT2D eigenvalue weighted by atomic mass is 35.5. The van der Waals surface area contributed by atoms with E-state index >= 15 is 0 Å². The van der Waals surface area contributed by atoms with Gasteiger partial charge in [0.25, 0.3) is 10.0 Å². The largest absolute Gasteiger partial charge is 0.354 e. The van der Waals surface area contributed by atoms with E-state index in [0.717, 1.165) is 28.3 Å². The molecule has 11 heteroatoms. The summed E-state index contributed by atoms with van der Waals surface area (Å²) < 4.78 is 29.6. The van der Waals surface area contributed by atoms with Crippen LogP contribution in [0, 0.1) is 13.8 Å². The van der Waals surface area contributed by atoms with Crippen molar-refractivity contribution in [2.75, 3.05) is 17.4 Å². The van der Waals surface area contributed by atoms with Gasteiger partial charge in [-0.05, 0) is 73.4 Å². The van der Waals surface area contributed by atoms with Gasteiger partial charge in [-0.25, -0.2) is 8.42 Å². The normalized spacial score (nSPS) is 12.0. The van der Waals surface area contributed by atoms with Gasteiger partial charge in [0.15, 0.2) is 0 Å². The molecule has 4 aromatic carbocycles. The van der Waals surface area contributed by atoms with Gasteiger partial charge in [-0.3, -0.25) is 13.9 Å².